The predicted molar refractivity (Wildman–Crippen MR) is 140 cm³/mol. The molecule has 0 radical (unpaired) electrons. The van der Waals surface area contributed by atoms with E-state index in [1.807, 2.05) is 72.8 Å². The van der Waals surface area contributed by atoms with E-state index in [1.54, 1.807) is 25.7 Å². The van der Waals surface area contributed by atoms with Crippen molar-refractivity contribution >= 4 is 34.4 Å². The van der Waals surface area contributed by atoms with Crippen LogP contribution in [0.2, 0.25) is 0 Å². The van der Waals surface area contributed by atoms with Crippen molar-refractivity contribution in [2.24, 2.45) is 5.92 Å². The lowest BCUT2D eigenvalue weighted by Gasteiger charge is -2.32. The number of carbonyl (C=O) groups is 3. The Kier molecular flexibility index (Phi) is 7.29. The van der Waals surface area contributed by atoms with E-state index in [0.717, 1.165) is 17.2 Å². The number of anilines is 1. The highest BCUT2D eigenvalue weighted by Gasteiger charge is 2.46. The molecule has 0 saturated heterocycles. The molecule has 1 aliphatic rings. The quantitative estimate of drug-likeness (QED) is 0.475. The lowest BCUT2D eigenvalue weighted by atomic mass is 10.0. The molecule has 36 heavy (non-hydrogen) atoms. The summed E-state index contributed by atoms with van der Waals surface area (Å²) in [4.78, 5) is 41.0. The Hall–Kier alpha value is -3.87. The van der Waals surface area contributed by atoms with E-state index >= 15 is 0 Å². The van der Waals surface area contributed by atoms with Crippen molar-refractivity contribution in [1.29, 1.82) is 0 Å². The molecule has 3 unspecified atom stereocenters. The predicted octanol–water partition coefficient (Wildman–Crippen LogP) is 5.28. The van der Waals surface area contributed by atoms with Gasteiger partial charge in [0.05, 0.1) is 0 Å². The highest BCUT2D eigenvalue weighted by atomic mass is 16.6. The molecule has 3 atom stereocenters. The van der Waals surface area contributed by atoms with Crippen molar-refractivity contribution in [3.8, 4) is 0 Å². The number of alkyl carbamates (subject to hydrolysis) is 1. The Morgan fingerprint density at radius 1 is 0.972 bits per heavy atom. The van der Waals surface area contributed by atoms with Crippen molar-refractivity contribution in [1.82, 2.24) is 10.2 Å². The molecule has 188 valence electrons. The smallest absolute Gasteiger partial charge is 0.408 e. The van der Waals surface area contributed by atoms with Gasteiger partial charge in [0.1, 0.15) is 18.2 Å². The van der Waals surface area contributed by atoms with E-state index in [4.69, 9.17) is 4.74 Å². The van der Waals surface area contributed by atoms with Crippen molar-refractivity contribution in [2.45, 2.75) is 51.8 Å². The van der Waals surface area contributed by atoms with Gasteiger partial charge in [0.2, 0.25) is 5.91 Å². The number of fused-ring (bicyclic) bond motifs is 1. The van der Waals surface area contributed by atoms with Crippen LogP contribution >= 0.6 is 0 Å². The lowest BCUT2D eigenvalue weighted by Crippen LogP contribution is -2.48. The van der Waals surface area contributed by atoms with Crippen LogP contribution < -0.4 is 10.6 Å². The number of ether oxygens (including phenoxy) is 1. The molecule has 0 aromatic heterocycles. The van der Waals surface area contributed by atoms with Gasteiger partial charge in [-0.2, -0.15) is 0 Å². The molecule has 1 fully saturated rings. The van der Waals surface area contributed by atoms with Crippen LogP contribution in [0.5, 0.6) is 0 Å². The van der Waals surface area contributed by atoms with Gasteiger partial charge in [-0.1, -0.05) is 67.6 Å². The fourth-order valence-electron chi connectivity index (χ4n) is 4.32. The summed E-state index contributed by atoms with van der Waals surface area (Å²) in [5, 5.41) is 7.65. The van der Waals surface area contributed by atoms with Gasteiger partial charge in [-0.05, 0) is 61.6 Å². The zero-order valence-electron chi connectivity index (χ0n) is 21.2. The Bertz CT molecular complexity index is 1250. The molecule has 0 bridgehead atoms. The van der Waals surface area contributed by atoms with Crippen molar-refractivity contribution in [3.63, 3.8) is 0 Å². The first-order valence-electron chi connectivity index (χ1n) is 12.2. The van der Waals surface area contributed by atoms with Gasteiger partial charge in [-0.25, -0.2) is 4.79 Å². The summed E-state index contributed by atoms with van der Waals surface area (Å²) < 4.78 is 5.27. The summed E-state index contributed by atoms with van der Waals surface area (Å²) in [6, 6.07) is 22.0. The molecule has 3 aromatic rings. The van der Waals surface area contributed by atoms with Crippen LogP contribution in [-0.2, 0) is 14.3 Å². The summed E-state index contributed by atoms with van der Waals surface area (Å²) in [6.07, 6.45) is 0.127. The third-order valence-corrected chi connectivity index (χ3v) is 6.15. The number of nitrogens with one attached hydrogen (secondary N) is 2. The average molecular weight is 488 g/mol. The lowest BCUT2D eigenvalue weighted by molar-refractivity contribution is -0.139. The standard InChI is InChI=1S/C29H33N3O4/c1-19-16-24(19)32(25(33)18-30-28(35)36-29(2,3)4)26(21-11-6-5-7-12-21)27(34)31-23-15-14-20-10-8-9-13-22(20)17-23/h5-15,17,19,24,26H,16,18H2,1-4H3,(H,30,35)(H,31,34). The van der Waals surface area contributed by atoms with Gasteiger partial charge in [-0.3, -0.25) is 9.59 Å². The molecule has 2 N–H and O–H groups in total. The minimum atomic E-state index is -0.847. The summed E-state index contributed by atoms with van der Waals surface area (Å²) in [5.74, 6) is -0.380. The van der Waals surface area contributed by atoms with E-state index in [9.17, 15) is 14.4 Å². The van der Waals surface area contributed by atoms with Crippen LogP contribution in [-0.4, -0.2) is 41.0 Å². The van der Waals surface area contributed by atoms with Crippen LogP contribution in [0.4, 0.5) is 10.5 Å². The van der Waals surface area contributed by atoms with E-state index in [2.05, 4.69) is 17.6 Å². The number of hydrogen-bond acceptors (Lipinski definition) is 4. The molecule has 3 aromatic carbocycles. The minimum Gasteiger partial charge on any atom is -0.444 e. The molecule has 0 heterocycles. The first-order chi connectivity index (χ1) is 17.1. The molecule has 3 amide bonds. The molecule has 7 nitrogen and oxygen atoms in total. The largest absolute Gasteiger partial charge is 0.444 e. The van der Waals surface area contributed by atoms with Crippen LogP contribution in [0.3, 0.4) is 0 Å². The second-order valence-corrected chi connectivity index (χ2v) is 10.3. The first kappa shape index (κ1) is 25.2. The Balaban J connectivity index is 1.59. The molecule has 0 aliphatic heterocycles. The number of benzene rings is 3. The molecular weight excluding hydrogens is 454 g/mol. The maximum atomic E-state index is 13.7. The average Bonchev–Trinajstić information content (AvgIpc) is 3.55. The van der Waals surface area contributed by atoms with Gasteiger partial charge in [0.25, 0.3) is 5.91 Å². The molecule has 1 aliphatic carbocycles. The van der Waals surface area contributed by atoms with E-state index < -0.39 is 17.7 Å². The topological polar surface area (TPSA) is 87.7 Å². The Morgan fingerprint density at radius 2 is 1.61 bits per heavy atom. The normalized spacial score (nSPS) is 17.7. The minimum absolute atomic E-state index is 0.0921. The second kappa shape index (κ2) is 10.4. The van der Waals surface area contributed by atoms with Crippen molar-refractivity contribution in [3.05, 3.63) is 78.4 Å². The first-order valence-corrected chi connectivity index (χ1v) is 12.2. The van der Waals surface area contributed by atoms with Gasteiger partial charge in [-0.15, -0.1) is 0 Å². The monoisotopic (exact) mass is 487 g/mol. The molecule has 7 heteroatoms. The van der Waals surface area contributed by atoms with Crippen molar-refractivity contribution in [2.75, 3.05) is 11.9 Å². The molecule has 0 spiro atoms. The third kappa shape index (κ3) is 6.22. The van der Waals surface area contributed by atoms with Crippen LogP contribution in [0.15, 0.2) is 72.8 Å². The van der Waals surface area contributed by atoms with Gasteiger partial charge < -0.3 is 20.3 Å². The van der Waals surface area contributed by atoms with Crippen molar-refractivity contribution < 1.29 is 19.1 Å². The van der Waals surface area contributed by atoms with Gasteiger partial charge >= 0.3 is 6.09 Å². The summed E-state index contributed by atoms with van der Waals surface area (Å²) in [5.41, 5.74) is 0.688. The maximum Gasteiger partial charge on any atom is 0.408 e. The summed E-state index contributed by atoms with van der Waals surface area (Å²) in [7, 11) is 0. The van der Waals surface area contributed by atoms with E-state index in [0.29, 0.717) is 11.3 Å². The Morgan fingerprint density at radius 3 is 2.25 bits per heavy atom. The molecular formula is C29H33N3O4. The van der Waals surface area contributed by atoms with Crippen LogP contribution in [0.1, 0.15) is 45.7 Å². The maximum absolute atomic E-state index is 13.7. The zero-order chi connectivity index (χ0) is 25.9. The van der Waals surface area contributed by atoms with E-state index in [1.165, 1.54) is 0 Å². The molecule has 1 saturated carbocycles. The third-order valence-electron chi connectivity index (χ3n) is 6.15. The number of amides is 3. The SMILES string of the molecule is CC1CC1N(C(=O)CNC(=O)OC(C)(C)C)C(C(=O)Nc1ccc2ccccc2c1)c1ccccc1. The van der Waals surface area contributed by atoms with Crippen LogP contribution in [0, 0.1) is 5.92 Å². The number of rotatable bonds is 7. The highest BCUT2D eigenvalue weighted by Crippen LogP contribution is 2.40. The Labute approximate surface area is 211 Å². The summed E-state index contributed by atoms with van der Waals surface area (Å²) in [6.45, 7) is 7.07. The second-order valence-electron chi connectivity index (χ2n) is 10.3. The molecule has 4 rings (SSSR count). The number of carbonyl (C=O) groups excluding carboxylic acids is 3. The fraction of sp³-hybridized carbons (Fsp3) is 0.345. The van der Waals surface area contributed by atoms with Gasteiger partial charge in [0.15, 0.2) is 0 Å². The summed E-state index contributed by atoms with van der Waals surface area (Å²) >= 11 is 0. The van der Waals surface area contributed by atoms with Gasteiger partial charge in [0, 0.05) is 11.7 Å². The zero-order valence-corrected chi connectivity index (χ0v) is 21.2. The number of hydrogen-bond donors (Lipinski definition) is 2. The van der Waals surface area contributed by atoms with E-state index in [-0.39, 0.29) is 30.3 Å². The fourth-order valence-corrected chi connectivity index (χ4v) is 4.32. The highest BCUT2D eigenvalue weighted by molar-refractivity contribution is 6.00. The van der Waals surface area contributed by atoms with Crippen LogP contribution in [0.25, 0.3) is 10.8 Å². The number of nitrogens with zero attached hydrogens (tertiary/aromatic N) is 1.